The number of carbonyl (C=O) groups is 3. The zero-order chi connectivity index (χ0) is 43.3. The summed E-state index contributed by atoms with van der Waals surface area (Å²) in [7, 11) is 0. The average molecular weight is 835 g/mol. The van der Waals surface area contributed by atoms with Crippen LogP contribution in [-0.4, -0.2) is 37.2 Å². The lowest BCUT2D eigenvalue weighted by atomic mass is 9.99. The highest BCUT2D eigenvalue weighted by Gasteiger charge is 2.19. The third kappa shape index (κ3) is 45.8. The van der Waals surface area contributed by atoms with Crippen molar-refractivity contribution < 1.29 is 28.6 Å². The van der Waals surface area contributed by atoms with Gasteiger partial charge < -0.3 is 14.2 Å². The lowest BCUT2D eigenvalue weighted by Crippen LogP contribution is -2.30. The summed E-state index contributed by atoms with van der Waals surface area (Å²) in [6.07, 6.45) is 46.8. The van der Waals surface area contributed by atoms with E-state index < -0.39 is 6.10 Å². The molecule has 0 bridgehead atoms. The Bertz CT molecular complexity index is 902. The quantitative estimate of drug-likeness (QED) is 0.0345. The van der Waals surface area contributed by atoms with Crippen molar-refractivity contribution in [2.75, 3.05) is 13.2 Å². The minimum atomic E-state index is -0.761. The molecule has 350 valence electrons. The SMILES string of the molecule is CCCCCCCCCCCCC(=O)O[C@H](COC(=O)CCCCCCCCCCCCCCCCCCCCC(C)CC)COC(=O)CCCCCCCCC(C)C. The van der Waals surface area contributed by atoms with Gasteiger partial charge in [-0.15, -0.1) is 0 Å². The molecule has 0 fully saturated rings. The molecule has 0 saturated carbocycles. The van der Waals surface area contributed by atoms with Crippen molar-refractivity contribution in [2.45, 2.75) is 298 Å². The molecule has 0 radical (unpaired) electrons. The van der Waals surface area contributed by atoms with E-state index in [9.17, 15) is 14.4 Å². The Balaban J connectivity index is 4.13. The van der Waals surface area contributed by atoms with E-state index in [0.29, 0.717) is 19.3 Å². The molecule has 0 aromatic rings. The number of esters is 3. The minimum Gasteiger partial charge on any atom is -0.462 e. The Morgan fingerprint density at radius 3 is 0.966 bits per heavy atom. The van der Waals surface area contributed by atoms with E-state index in [-0.39, 0.29) is 31.1 Å². The minimum absolute atomic E-state index is 0.0645. The van der Waals surface area contributed by atoms with Crippen LogP contribution in [-0.2, 0) is 28.6 Å². The summed E-state index contributed by atoms with van der Waals surface area (Å²) in [4.78, 5) is 37.8. The van der Waals surface area contributed by atoms with Crippen molar-refractivity contribution in [3.8, 4) is 0 Å². The fourth-order valence-electron chi connectivity index (χ4n) is 7.96. The zero-order valence-electron chi connectivity index (χ0n) is 40.4. The Labute approximate surface area is 368 Å². The maximum absolute atomic E-state index is 12.7. The molecule has 0 amide bonds. The first kappa shape index (κ1) is 57.4. The summed E-state index contributed by atoms with van der Waals surface area (Å²) in [5.74, 6) is 0.818. The van der Waals surface area contributed by atoms with E-state index in [2.05, 4.69) is 34.6 Å². The Morgan fingerprint density at radius 1 is 0.356 bits per heavy atom. The van der Waals surface area contributed by atoms with Gasteiger partial charge in [-0.25, -0.2) is 0 Å². The van der Waals surface area contributed by atoms with E-state index >= 15 is 0 Å². The standard InChI is InChI=1S/C53H102O6/c1-6-8-9-10-11-12-24-28-35-40-45-53(56)59-50(47-58-52(55)44-39-34-30-29-31-36-41-48(3)4)46-57-51(54)43-38-33-27-25-22-20-18-16-14-13-15-17-19-21-23-26-32-37-42-49(5)7-2/h48-50H,6-47H2,1-5H3/t49?,50-/m1/s1. The van der Waals surface area contributed by atoms with E-state index in [4.69, 9.17) is 14.2 Å². The predicted octanol–water partition coefficient (Wildman–Crippen LogP) is 16.9. The summed E-state index contributed by atoms with van der Waals surface area (Å²) in [6, 6.07) is 0. The number of unbranched alkanes of at least 4 members (excludes halogenated alkanes) is 31. The van der Waals surface area contributed by atoms with Gasteiger partial charge in [0.05, 0.1) is 0 Å². The van der Waals surface area contributed by atoms with Crippen molar-refractivity contribution in [1.29, 1.82) is 0 Å². The highest BCUT2D eigenvalue weighted by molar-refractivity contribution is 5.71. The van der Waals surface area contributed by atoms with Gasteiger partial charge in [0.1, 0.15) is 13.2 Å². The maximum atomic E-state index is 12.7. The first-order chi connectivity index (χ1) is 28.8. The summed E-state index contributed by atoms with van der Waals surface area (Å²) in [5.41, 5.74) is 0. The second kappa shape index (κ2) is 45.9. The van der Waals surface area contributed by atoms with Crippen molar-refractivity contribution in [3.05, 3.63) is 0 Å². The molecule has 0 aliphatic heterocycles. The van der Waals surface area contributed by atoms with E-state index in [1.54, 1.807) is 0 Å². The maximum Gasteiger partial charge on any atom is 0.306 e. The first-order valence-electron chi connectivity index (χ1n) is 26.3. The van der Waals surface area contributed by atoms with Gasteiger partial charge >= 0.3 is 17.9 Å². The van der Waals surface area contributed by atoms with Gasteiger partial charge in [-0.1, -0.05) is 253 Å². The molecule has 0 rings (SSSR count). The predicted molar refractivity (Wildman–Crippen MR) is 252 cm³/mol. The molecule has 6 heteroatoms. The van der Waals surface area contributed by atoms with E-state index in [0.717, 1.165) is 69.6 Å². The number of rotatable bonds is 47. The van der Waals surface area contributed by atoms with Crippen LogP contribution in [0.5, 0.6) is 0 Å². The first-order valence-corrected chi connectivity index (χ1v) is 26.3. The molecule has 0 saturated heterocycles. The van der Waals surface area contributed by atoms with Gasteiger partial charge in [-0.2, -0.15) is 0 Å². The summed E-state index contributed by atoms with van der Waals surface area (Å²) < 4.78 is 16.7. The Morgan fingerprint density at radius 2 is 0.644 bits per heavy atom. The molecular weight excluding hydrogens is 733 g/mol. The van der Waals surface area contributed by atoms with Crippen LogP contribution in [0.1, 0.15) is 291 Å². The topological polar surface area (TPSA) is 78.9 Å². The van der Waals surface area contributed by atoms with Crippen LogP contribution >= 0.6 is 0 Å². The number of ether oxygens (including phenoxy) is 3. The van der Waals surface area contributed by atoms with Crippen LogP contribution in [0.2, 0.25) is 0 Å². The lowest BCUT2D eigenvalue weighted by molar-refractivity contribution is -0.167. The summed E-state index contributed by atoms with van der Waals surface area (Å²) in [6.45, 7) is 11.3. The Hall–Kier alpha value is -1.59. The van der Waals surface area contributed by atoms with Crippen molar-refractivity contribution in [3.63, 3.8) is 0 Å². The highest BCUT2D eigenvalue weighted by Crippen LogP contribution is 2.18. The number of carbonyl (C=O) groups excluding carboxylic acids is 3. The van der Waals surface area contributed by atoms with E-state index in [1.165, 1.54) is 180 Å². The van der Waals surface area contributed by atoms with Crippen LogP contribution < -0.4 is 0 Å². The number of hydrogen-bond donors (Lipinski definition) is 0. The molecule has 0 aromatic heterocycles. The van der Waals surface area contributed by atoms with Gasteiger partial charge in [0.25, 0.3) is 0 Å². The highest BCUT2D eigenvalue weighted by atomic mass is 16.6. The zero-order valence-corrected chi connectivity index (χ0v) is 40.4. The van der Waals surface area contributed by atoms with Crippen LogP contribution in [0.15, 0.2) is 0 Å². The molecule has 0 aromatic carbocycles. The molecule has 0 N–H and O–H groups in total. The van der Waals surface area contributed by atoms with Crippen LogP contribution in [0.25, 0.3) is 0 Å². The van der Waals surface area contributed by atoms with Crippen molar-refractivity contribution >= 4 is 17.9 Å². The fourth-order valence-corrected chi connectivity index (χ4v) is 7.96. The number of hydrogen-bond acceptors (Lipinski definition) is 6. The fraction of sp³-hybridized carbons (Fsp3) is 0.943. The lowest BCUT2D eigenvalue weighted by Gasteiger charge is -2.18. The molecule has 0 heterocycles. The van der Waals surface area contributed by atoms with Gasteiger partial charge in [-0.05, 0) is 31.1 Å². The van der Waals surface area contributed by atoms with Crippen molar-refractivity contribution in [1.82, 2.24) is 0 Å². The third-order valence-electron chi connectivity index (χ3n) is 12.3. The largest absolute Gasteiger partial charge is 0.462 e. The molecule has 0 aliphatic carbocycles. The molecule has 1 unspecified atom stereocenters. The molecule has 59 heavy (non-hydrogen) atoms. The van der Waals surface area contributed by atoms with Crippen LogP contribution in [0.3, 0.4) is 0 Å². The third-order valence-corrected chi connectivity index (χ3v) is 12.3. The molecule has 2 atom stereocenters. The van der Waals surface area contributed by atoms with Crippen molar-refractivity contribution in [2.24, 2.45) is 11.8 Å². The normalized spacial score (nSPS) is 12.5. The summed E-state index contributed by atoms with van der Waals surface area (Å²) >= 11 is 0. The second-order valence-corrected chi connectivity index (χ2v) is 18.9. The second-order valence-electron chi connectivity index (χ2n) is 18.9. The van der Waals surface area contributed by atoms with Gasteiger partial charge in [-0.3, -0.25) is 14.4 Å². The molecule has 0 spiro atoms. The Kier molecular flexibility index (Phi) is 44.7. The summed E-state index contributed by atoms with van der Waals surface area (Å²) in [5, 5.41) is 0. The monoisotopic (exact) mass is 835 g/mol. The van der Waals surface area contributed by atoms with Crippen LogP contribution in [0, 0.1) is 11.8 Å². The molecule has 0 aliphatic rings. The van der Waals surface area contributed by atoms with E-state index in [1.807, 2.05) is 0 Å². The molecular formula is C53H102O6. The van der Waals surface area contributed by atoms with Gasteiger partial charge in [0.15, 0.2) is 6.10 Å². The van der Waals surface area contributed by atoms with Gasteiger partial charge in [0.2, 0.25) is 0 Å². The van der Waals surface area contributed by atoms with Gasteiger partial charge in [0, 0.05) is 19.3 Å². The molecule has 6 nitrogen and oxygen atoms in total. The smallest absolute Gasteiger partial charge is 0.306 e. The average Bonchev–Trinajstić information content (AvgIpc) is 3.22. The van der Waals surface area contributed by atoms with Crippen LogP contribution in [0.4, 0.5) is 0 Å².